The second kappa shape index (κ2) is 9.21. The Labute approximate surface area is 158 Å². The average Bonchev–Trinajstić information content (AvgIpc) is 3.51. The van der Waals surface area contributed by atoms with Gasteiger partial charge in [0.1, 0.15) is 11.5 Å². The number of hydrogen-bond donors (Lipinski definition) is 2. The SMILES string of the molecule is CN=C(NCc1ccc(OC)cc1OC(F)F)NC1CCN(C2CC2)CC1. The monoisotopic (exact) mass is 382 g/mol. The molecule has 0 unspecified atom stereocenters. The van der Waals surface area contributed by atoms with Gasteiger partial charge >= 0.3 is 6.61 Å². The lowest BCUT2D eigenvalue weighted by Gasteiger charge is -2.33. The molecule has 1 saturated carbocycles. The van der Waals surface area contributed by atoms with Crippen molar-refractivity contribution in [3.8, 4) is 11.5 Å². The molecular formula is C19H28F2N4O2. The third-order valence-electron chi connectivity index (χ3n) is 5.09. The van der Waals surface area contributed by atoms with Gasteiger partial charge in [0.05, 0.1) is 7.11 Å². The van der Waals surface area contributed by atoms with Gasteiger partial charge in [-0.05, 0) is 37.8 Å². The van der Waals surface area contributed by atoms with Crippen molar-refractivity contribution in [2.45, 2.75) is 50.9 Å². The first-order valence-corrected chi connectivity index (χ1v) is 9.42. The highest BCUT2D eigenvalue weighted by Gasteiger charge is 2.31. The van der Waals surface area contributed by atoms with E-state index in [2.05, 4.69) is 25.3 Å². The number of hydrogen-bond acceptors (Lipinski definition) is 4. The van der Waals surface area contributed by atoms with Crippen LogP contribution >= 0.6 is 0 Å². The quantitative estimate of drug-likeness (QED) is 0.561. The normalized spacial score (nSPS) is 19.2. The van der Waals surface area contributed by atoms with Crippen molar-refractivity contribution in [1.29, 1.82) is 0 Å². The first-order valence-electron chi connectivity index (χ1n) is 9.42. The maximum Gasteiger partial charge on any atom is 0.387 e. The average molecular weight is 382 g/mol. The van der Waals surface area contributed by atoms with Crippen LogP contribution in [-0.4, -0.2) is 56.8 Å². The number of halogens is 2. The number of likely N-dealkylation sites (tertiary alicyclic amines) is 1. The lowest BCUT2D eigenvalue weighted by Crippen LogP contribution is -2.48. The van der Waals surface area contributed by atoms with E-state index in [1.807, 2.05) is 0 Å². The van der Waals surface area contributed by atoms with Crippen LogP contribution in [0.3, 0.4) is 0 Å². The second-order valence-electron chi connectivity index (χ2n) is 6.96. The van der Waals surface area contributed by atoms with E-state index in [9.17, 15) is 8.78 Å². The summed E-state index contributed by atoms with van der Waals surface area (Å²) in [5.41, 5.74) is 0.614. The summed E-state index contributed by atoms with van der Waals surface area (Å²) in [4.78, 5) is 6.82. The zero-order valence-corrected chi connectivity index (χ0v) is 15.9. The molecule has 27 heavy (non-hydrogen) atoms. The lowest BCUT2D eigenvalue weighted by atomic mass is 10.1. The number of nitrogens with zero attached hydrogens (tertiary/aromatic N) is 2. The van der Waals surface area contributed by atoms with E-state index < -0.39 is 6.61 Å². The highest BCUT2D eigenvalue weighted by atomic mass is 19.3. The molecule has 1 aromatic carbocycles. The smallest absolute Gasteiger partial charge is 0.387 e. The standard InChI is InChI=1S/C19H28F2N4O2/c1-22-19(24-14-7-9-25(10-8-14)15-4-5-15)23-12-13-3-6-16(26-2)11-17(13)27-18(20)21/h3,6,11,14-15,18H,4-5,7-10,12H2,1-2H3,(H2,22,23,24). The third kappa shape index (κ3) is 5.69. The Bertz CT molecular complexity index is 645. The van der Waals surface area contributed by atoms with Gasteiger partial charge < -0.3 is 25.0 Å². The van der Waals surface area contributed by atoms with E-state index in [1.165, 1.54) is 26.0 Å². The molecule has 1 heterocycles. The van der Waals surface area contributed by atoms with Gasteiger partial charge in [-0.2, -0.15) is 8.78 Å². The highest BCUT2D eigenvalue weighted by Crippen LogP contribution is 2.29. The molecule has 0 spiro atoms. The van der Waals surface area contributed by atoms with Gasteiger partial charge in [-0.15, -0.1) is 0 Å². The molecule has 0 radical (unpaired) electrons. The zero-order valence-electron chi connectivity index (χ0n) is 15.9. The van der Waals surface area contributed by atoms with Crippen molar-refractivity contribution in [2.75, 3.05) is 27.2 Å². The summed E-state index contributed by atoms with van der Waals surface area (Å²) < 4.78 is 35.1. The predicted molar refractivity (Wildman–Crippen MR) is 101 cm³/mol. The van der Waals surface area contributed by atoms with Crippen LogP contribution < -0.4 is 20.1 Å². The van der Waals surface area contributed by atoms with E-state index in [-0.39, 0.29) is 5.75 Å². The van der Waals surface area contributed by atoms with Crippen molar-refractivity contribution in [3.05, 3.63) is 23.8 Å². The molecule has 1 saturated heterocycles. The van der Waals surface area contributed by atoms with Crippen molar-refractivity contribution in [1.82, 2.24) is 15.5 Å². The largest absolute Gasteiger partial charge is 0.497 e. The van der Waals surface area contributed by atoms with Gasteiger partial charge in [-0.1, -0.05) is 0 Å². The summed E-state index contributed by atoms with van der Waals surface area (Å²) in [6.45, 7) is -0.328. The molecule has 2 N–H and O–H groups in total. The van der Waals surface area contributed by atoms with E-state index in [4.69, 9.17) is 4.74 Å². The number of nitrogens with one attached hydrogen (secondary N) is 2. The number of piperidine rings is 1. The molecule has 1 aromatic rings. The molecule has 0 bridgehead atoms. The van der Waals surface area contributed by atoms with Gasteiger partial charge in [0.25, 0.3) is 0 Å². The summed E-state index contributed by atoms with van der Waals surface area (Å²) >= 11 is 0. The van der Waals surface area contributed by atoms with Crippen molar-refractivity contribution < 1.29 is 18.3 Å². The summed E-state index contributed by atoms with van der Waals surface area (Å²) in [7, 11) is 3.19. The molecule has 0 aromatic heterocycles. The Kier molecular flexibility index (Phi) is 6.71. The number of benzene rings is 1. The van der Waals surface area contributed by atoms with E-state index in [0.29, 0.717) is 29.9 Å². The number of aliphatic imine (C=N–C) groups is 1. The number of guanidine groups is 1. The fraction of sp³-hybridized carbons (Fsp3) is 0.632. The molecular weight excluding hydrogens is 354 g/mol. The van der Waals surface area contributed by atoms with Crippen LogP contribution in [-0.2, 0) is 6.54 Å². The van der Waals surface area contributed by atoms with Crippen LogP contribution in [0.4, 0.5) is 8.78 Å². The molecule has 150 valence electrons. The third-order valence-corrected chi connectivity index (χ3v) is 5.09. The summed E-state index contributed by atoms with van der Waals surface area (Å²) in [6, 6.07) is 6.09. The first-order chi connectivity index (χ1) is 13.1. The first kappa shape index (κ1) is 19.7. The fourth-order valence-electron chi connectivity index (χ4n) is 3.43. The van der Waals surface area contributed by atoms with Crippen LogP contribution in [0.2, 0.25) is 0 Å². The topological polar surface area (TPSA) is 58.1 Å². The van der Waals surface area contributed by atoms with Crippen LogP contribution in [0.5, 0.6) is 11.5 Å². The second-order valence-corrected chi connectivity index (χ2v) is 6.96. The fourth-order valence-corrected chi connectivity index (χ4v) is 3.43. The Hall–Kier alpha value is -2.09. The Morgan fingerprint density at radius 2 is 2.00 bits per heavy atom. The molecule has 2 fully saturated rings. The van der Waals surface area contributed by atoms with Crippen LogP contribution in [0, 0.1) is 0 Å². The van der Waals surface area contributed by atoms with Crippen LogP contribution in [0.15, 0.2) is 23.2 Å². The van der Waals surface area contributed by atoms with Gasteiger partial charge in [0, 0.05) is 50.4 Å². The molecule has 8 heteroatoms. The zero-order chi connectivity index (χ0) is 19.2. The minimum Gasteiger partial charge on any atom is -0.497 e. The maximum absolute atomic E-state index is 12.7. The molecule has 1 aliphatic heterocycles. The lowest BCUT2D eigenvalue weighted by molar-refractivity contribution is -0.0505. The van der Waals surface area contributed by atoms with Gasteiger partial charge in [0.2, 0.25) is 0 Å². The Morgan fingerprint density at radius 3 is 2.59 bits per heavy atom. The summed E-state index contributed by atoms with van der Waals surface area (Å²) in [5, 5.41) is 6.63. The molecule has 6 nitrogen and oxygen atoms in total. The van der Waals surface area contributed by atoms with Crippen molar-refractivity contribution in [3.63, 3.8) is 0 Å². The Balaban J connectivity index is 1.53. The predicted octanol–water partition coefficient (Wildman–Crippen LogP) is 2.59. The summed E-state index contributed by atoms with van der Waals surface area (Å²) in [5.74, 6) is 1.24. The van der Waals surface area contributed by atoms with Crippen molar-refractivity contribution in [2.24, 2.45) is 4.99 Å². The number of rotatable bonds is 7. The van der Waals surface area contributed by atoms with E-state index >= 15 is 0 Å². The van der Waals surface area contributed by atoms with Crippen molar-refractivity contribution >= 4 is 5.96 Å². The number of ether oxygens (including phenoxy) is 2. The molecule has 3 rings (SSSR count). The van der Waals surface area contributed by atoms with E-state index in [1.54, 1.807) is 19.2 Å². The molecule has 1 aliphatic carbocycles. The minimum atomic E-state index is -2.88. The van der Waals surface area contributed by atoms with Crippen LogP contribution in [0.25, 0.3) is 0 Å². The summed E-state index contributed by atoms with van der Waals surface area (Å²) in [6.07, 6.45) is 4.84. The number of alkyl halides is 2. The molecule has 0 atom stereocenters. The molecule has 0 amide bonds. The maximum atomic E-state index is 12.7. The number of methoxy groups -OCH3 is 1. The molecule has 2 aliphatic rings. The van der Waals surface area contributed by atoms with Gasteiger partial charge in [0.15, 0.2) is 5.96 Å². The van der Waals surface area contributed by atoms with Gasteiger partial charge in [-0.3, -0.25) is 4.99 Å². The van der Waals surface area contributed by atoms with Gasteiger partial charge in [-0.25, -0.2) is 0 Å². The van der Waals surface area contributed by atoms with E-state index in [0.717, 1.165) is 32.0 Å². The minimum absolute atomic E-state index is 0.102. The Morgan fingerprint density at radius 1 is 1.26 bits per heavy atom. The van der Waals surface area contributed by atoms with Crippen LogP contribution in [0.1, 0.15) is 31.2 Å². The highest BCUT2D eigenvalue weighted by molar-refractivity contribution is 5.80.